The van der Waals surface area contributed by atoms with E-state index < -0.39 is 17.9 Å². The van der Waals surface area contributed by atoms with Crippen LogP contribution >= 0.6 is 23.5 Å². The molecule has 0 amide bonds. The van der Waals surface area contributed by atoms with Gasteiger partial charge in [0.15, 0.2) is 0 Å². The van der Waals surface area contributed by atoms with Gasteiger partial charge in [-0.15, -0.1) is 11.8 Å². The molecular formula is C30H31F3O4S2. The number of hydrogen-bond donors (Lipinski definition) is 1. The summed E-state index contributed by atoms with van der Waals surface area (Å²) in [5.74, 6) is -0.606. The van der Waals surface area contributed by atoms with Gasteiger partial charge in [-0.05, 0) is 73.2 Å². The number of thioether (sulfide) groups is 2. The van der Waals surface area contributed by atoms with Gasteiger partial charge in [-0.25, -0.2) is 0 Å². The smallest absolute Gasteiger partial charge is 0.454 e. The third-order valence-electron chi connectivity index (χ3n) is 5.86. The summed E-state index contributed by atoms with van der Waals surface area (Å²) in [6, 6.07) is 23.7. The Kier molecular flexibility index (Phi) is 12.3. The summed E-state index contributed by atoms with van der Waals surface area (Å²) in [6.07, 6.45) is -1.07. The predicted octanol–water partition coefficient (Wildman–Crippen LogP) is 8.26. The van der Waals surface area contributed by atoms with E-state index in [0.29, 0.717) is 18.1 Å². The molecule has 0 radical (unpaired) electrons. The van der Waals surface area contributed by atoms with E-state index in [-0.39, 0.29) is 17.2 Å². The normalized spacial score (nSPS) is 12.2. The zero-order chi connectivity index (χ0) is 28.1. The van der Waals surface area contributed by atoms with E-state index in [1.165, 1.54) is 41.6 Å². The van der Waals surface area contributed by atoms with E-state index in [4.69, 9.17) is 9.84 Å². The molecule has 3 rings (SSSR count). The van der Waals surface area contributed by atoms with Crippen molar-refractivity contribution in [1.82, 2.24) is 0 Å². The number of aliphatic carboxylic acids is 1. The first-order valence-electron chi connectivity index (χ1n) is 12.7. The molecule has 4 nitrogen and oxygen atoms in total. The molecular weight excluding hydrogens is 545 g/mol. The number of carboxylic acids is 1. The van der Waals surface area contributed by atoms with Gasteiger partial charge in [0, 0.05) is 27.2 Å². The fourth-order valence-electron chi connectivity index (χ4n) is 3.85. The van der Waals surface area contributed by atoms with Gasteiger partial charge in [-0.2, -0.15) is 24.9 Å². The van der Waals surface area contributed by atoms with Crippen molar-refractivity contribution in [3.8, 4) is 5.75 Å². The number of benzene rings is 3. The van der Waals surface area contributed by atoms with E-state index in [0.717, 1.165) is 41.9 Å². The van der Waals surface area contributed by atoms with Gasteiger partial charge in [-0.3, -0.25) is 9.59 Å². The lowest BCUT2D eigenvalue weighted by Gasteiger charge is -2.17. The lowest BCUT2D eigenvalue weighted by Crippen LogP contribution is -2.22. The fourth-order valence-corrected chi connectivity index (χ4v) is 5.94. The van der Waals surface area contributed by atoms with Crippen molar-refractivity contribution in [3.63, 3.8) is 0 Å². The minimum absolute atomic E-state index is 0.134. The van der Waals surface area contributed by atoms with Crippen LogP contribution in [0.15, 0.2) is 83.8 Å². The Morgan fingerprint density at radius 2 is 1.56 bits per heavy atom. The number of rotatable bonds is 16. The van der Waals surface area contributed by atoms with Crippen LogP contribution in [0.3, 0.4) is 0 Å². The molecule has 0 aliphatic rings. The maximum atomic E-state index is 12.5. The molecule has 0 aromatic heterocycles. The van der Waals surface area contributed by atoms with E-state index in [1.807, 2.05) is 42.5 Å². The Morgan fingerprint density at radius 1 is 0.872 bits per heavy atom. The molecule has 0 fully saturated rings. The van der Waals surface area contributed by atoms with E-state index >= 15 is 0 Å². The lowest BCUT2D eigenvalue weighted by atomic mass is 10.0. The van der Waals surface area contributed by atoms with Gasteiger partial charge in [0.25, 0.3) is 5.78 Å². The maximum absolute atomic E-state index is 12.5. The second-order valence-electron chi connectivity index (χ2n) is 8.85. The molecule has 3 aromatic carbocycles. The predicted molar refractivity (Wildman–Crippen MR) is 151 cm³/mol. The molecule has 1 unspecified atom stereocenters. The number of Topliss-reactive ketones (excluding diaryl/α,β-unsaturated/α-hetero) is 1. The highest BCUT2D eigenvalue weighted by Crippen LogP contribution is 2.35. The average Bonchev–Trinajstić information content (AvgIpc) is 2.92. The van der Waals surface area contributed by atoms with Crippen LogP contribution < -0.4 is 4.74 Å². The number of ketones is 1. The highest BCUT2D eigenvalue weighted by atomic mass is 32.2. The van der Waals surface area contributed by atoms with E-state index in [9.17, 15) is 22.8 Å². The van der Waals surface area contributed by atoms with Crippen LogP contribution in [0.5, 0.6) is 5.75 Å². The molecule has 1 N–H and O–H groups in total. The van der Waals surface area contributed by atoms with Crippen molar-refractivity contribution in [2.75, 3.05) is 18.1 Å². The van der Waals surface area contributed by atoms with Crippen LogP contribution in [0.2, 0.25) is 0 Å². The van der Waals surface area contributed by atoms with Crippen LogP contribution in [0.1, 0.15) is 52.4 Å². The summed E-state index contributed by atoms with van der Waals surface area (Å²) in [4.78, 5) is 23.0. The third kappa shape index (κ3) is 11.0. The highest BCUT2D eigenvalue weighted by Gasteiger charge is 2.39. The van der Waals surface area contributed by atoms with Crippen molar-refractivity contribution in [1.29, 1.82) is 0 Å². The molecule has 0 heterocycles. The zero-order valence-corrected chi connectivity index (χ0v) is 23.0. The monoisotopic (exact) mass is 576 g/mol. The van der Waals surface area contributed by atoms with E-state index in [2.05, 4.69) is 12.1 Å². The molecule has 0 saturated carbocycles. The van der Waals surface area contributed by atoms with E-state index in [1.54, 1.807) is 11.8 Å². The SMILES string of the molecule is O=C(O)CCSC(CCCc1ccccc1)c1ccc(OCCCSc2ccc(C(=O)C(F)(F)F)cc2)cc1. The number of carbonyl (C=O) groups is 2. The summed E-state index contributed by atoms with van der Waals surface area (Å²) in [5, 5.41) is 9.22. The quantitative estimate of drug-likeness (QED) is 0.105. The largest absolute Gasteiger partial charge is 0.494 e. The van der Waals surface area contributed by atoms with Gasteiger partial charge >= 0.3 is 12.1 Å². The van der Waals surface area contributed by atoms with Crippen LogP contribution in [0.4, 0.5) is 13.2 Å². The summed E-state index contributed by atoms with van der Waals surface area (Å²) in [7, 11) is 0. The summed E-state index contributed by atoms with van der Waals surface area (Å²) >= 11 is 3.16. The number of halogens is 3. The number of hydrogen-bond acceptors (Lipinski definition) is 5. The van der Waals surface area contributed by atoms with Crippen molar-refractivity contribution >= 4 is 35.3 Å². The first-order chi connectivity index (χ1) is 18.7. The Balaban J connectivity index is 1.43. The molecule has 0 aliphatic carbocycles. The first-order valence-corrected chi connectivity index (χ1v) is 14.7. The number of alkyl halides is 3. The topological polar surface area (TPSA) is 63.6 Å². The first kappa shape index (κ1) is 30.6. The molecule has 0 aliphatic heterocycles. The number of aryl methyl sites for hydroxylation is 1. The molecule has 208 valence electrons. The standard InChI is InChI=1S/C30H31F3O4S2/c31-30(32,33)29(36)24-12-16-26(17-13-24)38-20-5-19-37-25-14-10-23(11-15-25)27(39-21-18-28(34)35)9-4-8-22-6-2-1-3-7-22/h1-3,6-7,10-17,27H,4-5,8-9,18-21H2,(H,34,35). The Hall–Kier alpha value is -2.91. The van der Waals surface area contributed by atoms with Gasteiger partial charge in [0.05, 0.1) is 13.0 Å². The minimum atomic E-state index is -4.87. The minimum Gasteiger partial charge on any atom is -0.494 e. The van der Waals surface area contributed by atoms with Gasteiger partial charge in [0.2, 0.25) is 0 Å². The highest BCUT2D eigenvalue weighted by molar-refractivity contribution is 7.99. The second-order valence-corrected chi connectivity index (χ2v) is 11.3. The van der Waals surface area contributed by atoms with Crippen LogP contribution in [-0.2, 0) is 11.2 Å². The van der Waals surface area contributed by atoms with Gasteiger partial charge < -0.3 is 9.84 Å². The van der Waals surface area contributed by atoms with Gasteiger partial charge in [-0.1, -0.05) is 42.5 Å². The number of carboxylic acid groups (broad SMARTS) is 1. The van der Waals surface area contributed by atoms with Crippen molar-refractivity contribution in [3.05, 3.63) is 95.6 Å². The van der Waals surface area contributed by atoms with Gasteiger partial charge in [0.1, 0.15) is 5.75 Å². The molecule has 1 atom stereocenters. The second kappa shape index (κ2) is 15.6. The summed E-state index contributed by atoms with van der Waals surface area (Å²) in [5.41, 5.74) is 2.08. The van der Waals surface area contributed by atoms with Crippen LogP contribution in [0, 0.1) is 0 Å². The summed E-state index contributed by atoms with van der Waals surface area (Å²) < 4.78 is 43.4. The van der Waals surface area contributed by atoms with Crippen molar-refractivity contribution in [2.24, 2.45) is 0 Å². The molecule has 39 heavy (non-hydrogen) atoms. The van der Waals surface area contributed by atoms with Crippen molar-refractivity contribution < 1.29 is 32.6 Å². The molecule has 3 aromatic rings. The Morgan fingerprint density at radius 3 is 2.21 bits per heavy atom. The number of ether oxygens (including phenoxy) is 1. The number of carbonyl (C=O) groups excluding carboxylic acids is 1. The maximum Gasteiger partial charge on any atom is 0.454 e. The van der Waals surface area contributed by atoms with Crippen molar-refractivity contribution in [2.45, 2.75) is 48.4 Å². The molecule has 9 heteroatoms. The third-order valence-corrected chi connectivity index (χ3v) is 8.31. The molecule has 0 saturated heterocycles. The Labute approximate surface area is 235 Å². The zero-order valence-electron chi connectivity index (χ0n) is 21.4. The van der Waals surface area contributed by atoms with Crippen LogP contribution in [0.25, 0.3) is 0 Å². The average molecular weight is 577 g/mol. The Bertz CT molecular complexity index is 1170. The fraction of sp³-hybridized carbons (Fsp3) is 0.333. The van der Waals surface area contributed by atoms with Crippen LogP contribution in [-0.4, -0.2) is 41.1 Å². The molecule has 0 bridgehead atoms. The summed E-state index contributed by atoms with van der Waals surface area (Å²) in [6.45, 7) is 0.491. The molecule has 0 spiro atoms. The lowest BCUT2D eigenvalue weighted by molar-refractivity contribution is -0.136.